The van der Waals surface area contributed by atoms with Crippen molar-refractivity contribution in [2.24, 2.45) is 17.8 Å². The Morgan fingerprint density at radius 2 is 2.00 bits per heavy atom. The summed E-state index contributed by atoms with van der Waals surface area (Å²) in [6.07, 6.45) is -3.00. The van der Waals surface area contributed by atoms with E-state index in [1.165, 1.54) is 0 Å². The van der Waals surface area contributed by atoms with Crippen molar-refractivity contribution in [3.8, 4) is 0 Å². The fourth-order valence-corrected chi connectivity index (χ4v) is 3.65. The summed E-state index contributed by atoms with van der Waals surface area (Å²) in [6.45, 7) is 4.01. The van der Waals surface area contributed by atoms with Gasteiger partial charge in [0.15, 0.2) is 0 Å². The van der Waals surface area contributed by atoms with E-state index in [1.54, 1.807) is 0 Å². The molecule has 0 spiro atoms. The van der Waals surface area contributed by atoms with E-state index in [0.29, 0.717) is 18.8 Å². The molecule has 112 valence electrons. The fraction of sp³-hybridized carbons (Fsp3) is 0.923. The molecule has 0 aromatic carbocycles. The van der Waals surface area contributed by atoms with E-state index in [9.17, 15) is 18.0 Å². The molecule has 3 atom stereocenters. The van der Waals surface area contributed by atoms with E-state index in [1.807, 2.05) is 13.8 Å². The highest BCUT2D eigenvalue weighted by molar-refractivity contribution is 14.1. The lowest BCUT2D eigenvalue weighted by molar-refractivity contribution is -0.186. The zero-order valence-corrected chi connectivity index (χ0v) is 13.4. The smallest absolute Gasteiger partial charge is 0.352 e. The Bertz CT molecular complexity index is 307. The second kappa shape index (κ2) is 7.13. The average molecular weight is 391 g/mol. The van der Waals surface area contributed by atoms with Crippen molar-refractivity contribution in [1.29, 1.82) is 0 Å². The molecule has 6 heteroatoms. The molecule has 0 aromatic heterocycles. The number of halogens is 4. The predicted molar refractivity (Wildman–Crippen MR) is 77.2 cm³/mol. The van der Waals surface area contributed by atoms with Crippen molar-refractivity contribution >= 4 is 28.5 Å². The Labute approximate surface area is 126 Å². The first-order valence-corrected chi connectivity index (χ1v) is 8.21. The van der Waals surface area contributed by atoms with Gasteiger partial charge in [0, 0.05) is 16.4 Å². The van der Waals surface area contributed by atoms with E-state index in [0.717, 1.165) is 4.43 Å². The first-order valence-electron chi connectivity index (χ1n) is 6.68. The third-order valence-electron chi connectivity index (χ3n) is 3.81. The number of carbonyl (C=O) groups is 1. The van der Waals surface area contributed by atoms with Crippen LogP contribution in [0.25, 0.3) is 0 Å². The van der Waals surface area contributed by atoms with Crippen LogP contribution < -0.4 is 5.32 Å². The van der Waals surface area contributed by atoms with E-state index in [-0.39, 0.29) is 24.8 Å². The molecule has 1 aliphatic carbocycles. The standard InChI is InChI=1S/C13H21F3INO/c1-8(2)11(7-17)18-12(19)9-4-3-5-10(6-9)13(14,15)16/h8-11H,3-7H2,1-2H3,(H,18,19). The minimum absolute atomic E-state index is 0.0411. The van der Waals surface area contributed by atoms with Gasteiger partial charge in [-0.3, -0.25) is 4.79 Å². The Morgan fingerprint density at radius 3 is 2.47 bits per heavy atom. The van der Waals surface area contributed by atoms with Gasteiger partial charge in [-0.1, -0.05) is 42.9 Å². The summed E-state index contributed by atoms with van der Waals surface area (Å²) in [5.74, 6) is -1.70. The highest BCUT2D eigenvalue weighted by Crippen LogP contribution is 2.40. The van der Waals surface area contributed by atoms with Gasteiger partial charge in [-0.25, -0.2) is 0 Å². The molecule has 0 aliphatic heterocycles. The number of amides is 1. The lowest BCUT2D eigenvalue weighted by Crippen LogP contribution is -2.44. The molecule has 1 N–H and O–H groups in total. The van der Waals surface area contributed by atoms with Crippen LogP contribution >= 0.6 is 22.6 Å². The first-order chi connectivity index (χ1) is 8.75. The Kier molecular flexibility index (Phi) is 6.39. The minimum Gasteiger partial charge on any atom is -0.352 e. The molecule has 19 heavy (non-hydrogen) atoms. The van der Waals surface area contributed by atoms with E-state index < -0.39 is 18.0 Å². The fourth-order valence-electron chi connectivity index (χ4n) is 2.41. The van der Waals surface area contributed by atoms with Crippen molar-refractivity contribution < 1.29 is 18.0 Å². The number of hydrogen-bond acceptors (Lipinski definition) is 1. The Balaban J connectivity index is 2.57. The molecular formula is C13H21F3INO. The van der Waals surface area contributed by atoms with E-state index >= 15 is 0 Å². The van der Waals surface area contributed by atoms with Gasteiger partial charge < -0.3 is 5.32 Å². The zero-order valence-electron chi connectivity index (χ0n) is 11.3. The van der Waals surface area contributed by atoms with Crippen LogP contribution in [-0.2, 0) is 4.79 Å². The number of rotatable bonds is 4. The zero-order chi connectivity index (χ0) is 14.6. The SMILES string of the molecule is CC(C)C(CI)NC(=O)C1CCCC(C(F)(F)F)C1. The summed E-state index contributed by atoms with van der Waals surface area (Å²) in [7, 11) is 0. The Hall–Kier alpha value is -0.0100. The summed E-state index contributed by atoms with van der Waals surface area (Å²) < 4.78 is 38.9. The highest BCUT2D eigenvalue weighted by atomic mass is 127. The van der Waals surface area contributed by atoms with Gasteiger partial charge in [0.05, 0.1) is 5.92 Å². The lowest BCUT2D eigenvalue weighted by Gasteiger charge is -2.31. The van der Waals surface area contributed by atoms with Crippen molar-refractivity contribution in [2.45, 2.75) is 51.7 Å². The third-order valence-corrected chi connectivity index (χ3v) is 4.76. The van der Waals surface area contributed by atoms with Crippen LogP contribution in [0.3, 0.4) is 0 Å². The van der Waals surface area contributed by atoms with Crippen molar-refractivity contribution in [2.75, 3.05) is 4.43 Å². The molecule has 3 unspecified atom stereocenters. The quantitative estimate of drug-likeness (QED) is 0.571. The normalized spacial score (nSPS) is 26.3. The minimum atomic E-state index is -4.17. The summed E-state index contributed by atoms with van der Waals surface area (Å²) in [6, 6.07) is 0.0411. The van der Waals surface area contributed by atoms with Gasteiger partial charge in [0.2, 0.25) is 5.91 Å². The molecule has 0 bridgehead atoms. The van der Waals surface area contributed by atoms with Crippen LogP contribution in [-0.4, -0.2) is 22.6 Å². The highest BCUT2D eigenvalue weighted by Gasteiger charge is 2.43. The van der Waals surface area contributed by atoms with Crippen LogP contribution in [0.15, 0.2) is 0 Å². The maximum atomic E-state index is 12.7. The lowest BCUT2D eigenvalue weighted by atomic mass is 9.80. The second-order valence-corrected chi connectivity index (χ2v) is 6.50. The molecule has 0 radical (unpaired) electrons. The molecule has 0 saturated heterocycles. The van der Waals surface area contributed by atoms with Crippen molar-refractivity contribution in [3.05, 3.63) is 0 Å². The van der Waals surface area contributed by atoms with Gasteiger partial charge >= 0.3 is 6.18 Å². The maximum absolute atomic E-state index is 12.7. The number of carbonyl (C=O) groups excluding carboxylic acids is 1. The number of hydrogen-bond donors (Lipinski definition) is 1. The second-order valence-electron chi connectivity index (χ2n) is 5.62. The van der Waals surface area contributed by atoms with Gasteiger partial charge in [0.1, 0.15) is 0 Å². The monoisotopic (exact) mass is 391 g/mol. The summed E-state index contributed by atoms with van der Waals surface area (Å²) in [5, 5.41) is 2.89. The average Bonchev–Trinajstić information content (AvgIpc) is 2.34. The molecule has 1 fully saturated rings. The number of nitrogens with one attached hydrogen (secondary N) is 1. The molecule has 1 rings (SSSR count). The Morgan fingerprint density at radius 1 is 1.37 bits per heavy atom. The molecule has 0 heterocycles. The summed E-state index contributed by atoms with van der Waals surface area (Å²) in [5.41, 5.74) is 0. The van der Waals surface area contributed by atoms with Gasteiger partial charge in [-0.2, -0.15) is 13.2 Å². The molecule has 1 saturated carbocycles. The van der Waals surface area contributed by atoms with Crippen LogP contribution in [0.5, 0.6) is 0 Å². The molecule has 1 aliphatic rings. The topological polar surface area (TPSA) is 29.1 Å². The largest absolute Gasteiger partial charge is 0.391 e. The summed E-state index contributed by atoms with van der Waals surface area (Å²) >= 11 is 2.19. The van der Waals surface area contributed by atoms with Crippen molar-refractivity contribution in [3.63, 3.8) is 0 Å². The molecular weight excluding hydrogens is 370 g/mol. The van der Waals surface area contributed by atoms with Crippen LogP contribution in [0.2, 0.25) is 0 Å². The van der Waals surface area contributed by atoms with E-state index in [2.05, 4.69) is 27.9 Å². The van der Waals surface area contributed by atoms with Gasteiger partial charge in [-0.15, -0.1) is 0 Å². The molecule has 1 amide bonds. The van der Waals surface area contributed by atoms with Crippen LogP contribution in [0.4, 0.5) is 13.2 Å². The molecule has 0 aromatic rings. The van der Waals surface area contributed by atoms with Crippen molar-refractivity contribution in [1.82, 2.24) is 5.32 Å². The van der Waals surface area contributed by atoms with E-state index in [4.69, 9.17) is 0 Å². The molecule has 2 nitrogen and oxygen atoms in total. The van der Waals surface area contributed by atoms with Gasteiger partial charge in [0.25, 0.3) is 0 Å². The third kappa shape index (κ3) is 5.11. The van der Waals surface area contributed by atoms with Gasteiger partial charge in [-0.05, 0) is 25.2 Å². The number of alkyl halides is 4. The van der Waals surface area contributed by atoms with Crippen LogP contribution in [0.1, 0.15) is 39.5 Å². The first kappa shape index (κ1) is 17.0. The van der Waals surface area contributed by atoms with Crippen LogP contribution in [0, 0.1) is 17.8 Å². The predicted octanol–water partition coefficient (Wildman–Crippen LogP) is 3.93. The maximum Gasteiger partial charge on any atom is 0.391 e. The summed E-state index contributed by atoms with van der Waals surface area (Å²) in [4.78, 5) is 12.1.